The van der Waals surface area contributed by atoms with Crippen molar-refractivity contribution in [2.24, 2.45) is 0 Å². The molecule has 0 saturated heterocycles. The molecule has 0 unspecified atom stereocenters. The van der Waals surface area contributed by atoms with Gasteiger partial charge in [0.25, 0.3) is 15.9 Å². The number of benzene rings is 2. The molecule has 2 aromatic rings. The second-order valence-corrected chi connectivity index (χ2v) is 8.97. The van der Waals surface area contributed by atoms with Crippen molar-refractivity contribution in [1.82, 2.24) is 5.32 Å². The van der Waals surface area contributed by atoms with Gasteiger partial charge in [-0.3, -0.25) is 9.10 Å². The number of carbonyl (C=O) groups excluding carboxylic acids is 2. The van der Waals surface area contributed by atoms with Crippen LogP contribution in [0, 0.1) is 0 Å². The lowest BCUT2D eigenvalue weighted by atomic mass is 10.2. The Morgan fingerprint density at radius 3 is 2.35 bits per heavy atom. The number of ether oxygens (including phenoxy) is 2. The van der Waals surface area contributed by atoms with Crippen molar-refractivity contribution in [3.05, 3.63) is 54.1 Å². The first-order chi connectivity index (χ1) is 14.7. The van der Waals surface area contributed by atoms with Crippen molar-refractivity contribution in [3.8, 4) is 5.75 Å². The van der Waals surface area contributed by atoms with E-state index in [1.54, 1.807) is 24.3 Å². The molecule has 1 amide bonds. The predicted molar refractivity (Wildman–Crippen MR) is 118 cm³/mol. The number of hydrogen-bond donors (Lipinski definition) is 1. The minimum atomic E-state index is -3.87. The first-order valence-electron chi connectivity index (χ1n) is 9.89. The Hall–Kier alpha value is -3.07. The third-order valence-corrected chi connectivity index (χ3v) is 6.42. The number of sulfonamides is 1. The second kappa shape index (κ2) is 10.8. The maximum absolute atomic E-state index is 13.0. The van der Waals surface area contributed by atoms with Gasteiger partial charge in [0.2, 0.25) is 0 Å². The molecular formula is C22H28N2O6S. The minimum absolute atomic E-state index is 0.000852. The average molecular weight is 449 g/mol. The molecule has 0 spiro atoms. The zero-order valence-electron chi connectivity index (χ0n) is 18.1. The number of carbonyl (C=O) groups is 2. The molecule has 2 aromatic carbocycles. The number of amides is 1. The molecule has 0 bridgehead atoms. The van der Waals surface area contributed by atoms with Crippen molar-refractivity contribution in [3.63, 3.8) is 0 Å². The average Bonchev–Trinajstić information content (AvgIpc) is 2.77. The van der Waals surface area contributed by atoms with Gasteiger partial charge in [-0.05, 0) is 49.7 Å². The highest BCUT2D eigenvalue weighted by atomic mass is 32.2. The van der Waals surface area contributed by atoms with Crippen molar-refractivity contribution in [2.45, 2.75) is 37.6 Å². The van der Waals surface area contributed by atoms with Crippen LogP contribution in [0.5, 0.6) is 5.75 Å². The van der Waals surface area contributed by atoms with Gasteiger partial charge in [-0.2, -0.15) is 0 Å². The Bertz CT molecular complexity index is 1000. The molecule has 0 radical (unpaired) electrons. The summed E-state index contributed by atoms with van der Waals surface area (Å²) in [7, 11) is -0.988. The number of anilines is 1. The lowest BCUT2D eigenvalue weighted by Crippen LogP contribution is -2.35. The van der Waals surface area contributed by atoms with E-state index in [-0.39, 0.29) is 22.4 Å². The lowest BCUT2D eigenvalue weighted by molar-refractivity contribution is -0.124. The Morgan fingerprint density at radius 2 is 1.74 bits per heavy atom. The number of methoxy groups -OCH3 is 1. The molecule has 31 heavy (non-hydrogen) atoms. The third kappa shape index (κ3) is 6.21. The fourth-order valence-corrected chi connectivity index (χ4v) is 4.18. The predicted octanol–water partition coefficient (Wildman–Crippen LogP) is 2.98. The fourth-order valence-electron chi connectivity index (χ4n) is 2.98. The van der Waals surface area contributed by atoms with Gasteiger partial charge in [0, 0.05) is 13.1 Å². The maximum Gasteiger partial charge on any atom is 0.338 e. The van der Waals surface area contributed by atoms with Gasteiger partial charge in [0.05, 0.1) is 23.3 Å². The molecule has 0 aliphatic carbocycles. The van der Waals surface area contributed by atoms with Crippen LogP contribution in [0.2, 0.25) is 0 Å². The molecule has 0 aliphatic rings. The standard InChI is InChI=1S/C22H28N2O6S/c1-5-8-16(2)23-21(25)15-30-22(26)17-11-13-18(14-12-17)31(27,28)24(3)19-9-6-7-10-20(19)29-4/h6-7,9-14,16H,5,8,15H2,1-4H3,(H,23,25)/t16-/m0/s1. The highest BCUT2D eigenvalue weighted by Gasteiger charge is 2.24. The first kappa shape index (κ1) is 24.2. The maximum atomic E-state index is 13.0. The minimum Gasteiger partial charge on any atom is -0.495 e. The van der Waals surface area contributed by atoms with Crippen LogP contribution in [0.4, 0.5) is 5.69 Å². The summed E-state index contributed by atoms with van der Waals surface area (Å²) in [5.74, 6) is -0.674. The summed E-state index contributed by atoms with van der Waals surface area (Å²) in [6.07, 6.45) is 1.77. The van der Waals surface area contributed by atoms with E-state index in [9.17, 15) is 18.0 Å². The van der Waals surface area contributed by atoms with Crippen LogP contribution in [0.25, 0.3) is 0 Å². The van der Waals surface area contributed by atoms with Gasteiger partial charge < -0.3 is 14.8 Å². The molecule has 0 fully saturated rings. The van der Waals surface area contributed by atoms with Crippen molar-refractivity contribution >= 4 is 27.6 Å². The fraction of sp³-hybridized carbons (Fsp3) is 0.364. The topological polar surface area (TPSA) is 102 Å². The van der Waals surface area contributed by atoms with Gasteiger partial charge in [-0.25, -0.2) is 13.2 Å². The summed E-state index contributed by atoms with van der Waals surface area (Å²) in [4.78, 5) is 24.0. The van der Waals surface area contributed by atoms with Crippen LogP contribution < -0.4 is 14.4 Å². The Balaban J connectivity index is 2.06. The van der Waals surface area contributed by atoms with Crippen LogP contribution in [0.1, 0.15) is 37.0 Å². The van der Waals surface area contributed by atoms with E-state index >= 15 is 0 Å². The van der Waals surface area contributed by atoms with E-state index < -0.39 is 22.6 Å². The van der Waals surface area contributed by atoms with Crippen LogP contribution in [0.15, 0.2) is 53.4 Å². The summed E-state index contributed by atoms with van der Waals surface area (Å²) < 4.78 is 37.3. The molecule has 1 atom stereocenters. The first-order valence-corrected chi connectivity index (χ1v) is 11.3. The van der Waals surface area contributed by atoms with Gasteiger partial charge in [0.1, 0.15) is 5.75 Å². The summed E-state index contributed by atoms with van der Waals surface area (Å²) in [6, 6.07) is 12.1. The summed E-state index contributed by atoms with van der Waals surface area (Å²) >= 11 is 0. The molecular weight excluding hydrogens is 420 g/mol. The smallest absolute Gasteiger partial charge is 0.338 e. The van der Waals surface area contributed by atoms with Crippen LogP contribution in [-0.2, 0) is 19.6 Å². The zero-order chi connectivity index (χ0) is 23.0. The van der Waals surface area contributed by atoms with Crippen LogP contribution >= 0.6 is 0 Å². The molecule has 168 valence electrons. The largest absolute Gasteiger partial charge is 0.495 e. The molecule has 2 rings (SSSR count). The van der Waals surface area contributed by atoms with E-state index in [0.29, 0.717) is 11.4 Å². The summed E-state index contributed by atoms with van der Waals surface area (Å²) in [5, 5.41) is 2.74. The van der Waals surface area contributed by atoms with Gasteiger partial charge in [0.15, 0.2) is 6.61 Å². The van der Waals surface area contributed by atoms with Gasteiger partial charge in [-0.1, -0.05) is 25.5 Å². The highest BCUT2D eigenvalue weighted by Crippen LogP contribution is 2.30. The zero-order valence-corrected chi connectivity index (χ0v) is 18.9. The lowest BCUT2D eigenvalue weighted by Gasteiger charge is -2.21. The molecule has 0 aromatic heterocycles. The van der Waals surface area contributed by atoms with Gasteiger partial charge >= 0.3 is 5.97 Å². The molecule has 0 saturated carbocycles. The second-order valence-electron chi connectivity index (χ2n) is 7.00. The van der Waals surface area contributed by atoms with Crippen molar-refractivity contribution in [1.29, 1.82) is 0 Å². The Kier molecular flexibility index (Phi) is 8.44. The van der Waals surface area contributed by atoms with E-state index in [1.165, 1.54) is 38.4 Å². The van der Waals surface area contributed by atoms with Crippen molar-refractivity contribution < 1.29 is 27.5 Å². The monoisotopic (exact) mass is 448 g/mol. The van der Waals surface area contributed by atoms with Crippen LogP contribution in [0.3, 0.4) is 0 Å². The van der Waals surface area contributed by atoms with E-state index in [2.05, 4.69) is 5.32 Å². The molecule has 8 nitrogen and oxygen atoms in total. The molecule has 0 aliphatic heterocycles. The number of esters is 1. The Morgan fingerprint density at radius 1 is 1.10 bits per heavy atom. The van der Waals surface area contributed by atoms with E-state index in [0.717, 1.165) is 17.1 Å². The quantitative estimate of drug-likeness (QED) is 0.561. The SMILES string of the molecule is CCC[C@H](C)NC(=O)COC(=O)c1ccc(S(=O)(=O)N(C)c2ccccc2OC)cc1. The number of rotatable bonds is 10. The molecule has 9 heteroatoms. The Labute approximate surface area is 183 Å². The van der Waals surface area contributed by atoms with E-state index in [4.69, 9.17) is 9.47 Å². The van der Waals surface area contributed by atoms with Crippen molar-refractivity contribution in [2.75, 3.05) is 25.1 Å². The van der Waals surface area contributed by atoms with Crippen LogP contribution in [-0.4, -0.2) is 47.1 Å². The summed E-state index contributed by atoms with van der Waals surface area (Å²) in [5.41, 5.74) is 0.533. The van der Waals surface area contributed by atoms with E-state index in [1.807, 2.05) is 13.8 Å². The number of para-hydroxylation sites is 2. The highest BCUT2D eigenvalue weighted by molar-refractivity contribution is 7.92. The normalized spacial score (nSPS) is 12.0. The number of nitrogens with zero attached hydrogens (tertiary/aromatic N) is 1. The number of hydrogen-bond acceptors (Lipinski definition) is 6. The summed E-state index contributed by atoms with van der Waals surface area (Å²) in [6.45, 7) is 3.49. The third-order valence-electron chi connectivity index (χ3n) is 4.64. The molecule has 0 heterocycles. The number of nitrogens with one attached hydrogen (secondary N) is 1. The molecule has 1 N–H and O–H groups in total. The van der Waals surface area contributed by atoms with Gasteiger partial charge in [-0.15, -0.1) is 0 Å².